The molecule has 3 unspecified atom stereocenters. The van der Waals surface area contributed by atoms with E-state index in [0.717, 1.165) is 29.7 Å². The molecule has 0 aliphatic heterocycles. The molecule has 0 saturated heterocycles. The Kier molecular flexibility index (Phi) is 2.99. The Morgan fingerprint density at radius 2 is 1.88 bits per heavy atom. The number of hydrogen-bond donors (Lipinski definition) is 1. The molecule has 1 N–H and O–H groups in total. The maximum Gasteiger partial charge on any atom is 0.00131 e. The van der Waals surface area contributed by atoms with Gasteiger partial charge in [-0.15, -0.1) is 0 Å². The fourth-order valence-corrected chi connectivity index (χ4v) is 5.21. The molecule has 1 heteroatoms. The third-order valence-electron chi connectivity index (χ3n) is 5.90. The Morgan fingerprint density at radius 1 is 1.06 bits per heavy atom. The summed E-state index contributed by atoms with van der Waals surface area (Å²) in [6, 6.07) is 0. The van der Waals surface area contributed by atoms with Gasteiger partial charge in [-0.05, 0) is 61.8 Å². The summed E-state index contributed by atoms with van der Waals surface area (Å²) in [6.45, 7) is 4.75. The summed E-state index contributed by atoms with van der Waals surface area (Å²) in [7, 11) is 0. The molecule has 0 heterocycles. The van der Waals surface area contributed by atoms with Crippen molar-refractivity contribution in [3.05, 3.63) is 0 Å². The van der Waals surface area contributed by atoms with Crippen LogP contribution in [-0.4, -0.2) is 13.1 Å². The molecule has 3 aliphatic carbocycles. The van der Waals surface area contributed by atoms with Crippen LogP contribution in [0.4, 0.5) is 0 Å². The molecule has 3 fully saturated rings. The lowest BCUT2D eigenvalue weighted by Gasteiger charge is -2.43. The van der Waals surface area contributed by atoms with Crippen molar-refractivity contribution in [1.29, 1.82) is 0 Å². The van der Waals surface area contributed by atoms with Gasteiger partial charge in [-0.2, -0.15) is 0 Å². The SMILES string of the molecule is CCNCC1(C2CCCC2)CC2CCC1C2. The van der Waals surface area contributed by atoms with E-state index >= 15 is 0 Å². The average Bonchev–Trinajstić information content (AvgIpc) is 3.01. The normalized spacial score (nSPS) is 43.3. The lowest BCUT2D eigenvalue weighted by Crippen LogP contribution is -2.43. The van der Waals surface area contributed by atoms with Crippen LogP contribution in [-0.2, 0) is 0 Å². The molecule has 3 aliphatic rings. The molecular weight excluding hydrogens is 194 g/mol. The topological polar surface area (TPSA) is 12.0 Å². The van der Waals surface area contributed by atoms with Gasteiger partial charge in [-0.25, -0.2) is 0 Å². The fourth-order valence-electron chi connectivity index (χ4n) is 5.21. The van der Waals surface area contributed by atoms with Crippen molar-refractivity contribution >= 4 is 0 Å². The molecule has 3 atom stereocenters. The molecule has 2 bridgehead atoms. The van der Waals surface area contributed by atoms with Crippen LogP contribution in [0.15, 0.2) is 0 Å². The van der Waals surface area contributed by atoms with Crippen LogP contribution in [0.1, 0.15) is 58.3 Å². The van der Waals surface area contributed by atoms with Crippen molar-refractivity contribution in [1.82, 2.24) is 5.32 Å². The van der Waals surface area contributed by atoms with E-state index in [1.807, 2.05) is 0 Å². The molecule has 0 radical (unpaired) electrons. The molecule has 0 aromatic carbocycles. The van der Waals surface area contributed by atoms with Crippen LogP contribution in [0.3, 0.4) is 0 Å². The van der Waals surface area contributed by atoms with E-state index in [2.05, 4.69) is 12.2 Å². The van der Waals surface area contributed by atoms with Gasteiger partial charge in [0.2, 0.25) is 0 Å². The van der Waals surface area contributed by atoms with Crippen molar-refractivity contribution < 1.29 is 0 Å². The van der Waals surface area contributed by atoms with E-state index in [1.54, 1.807) is 25.7 Å². The summed E-state index contributed by atoms with van der Waals surface area (Å²) in [5.74, 6) is 3.26. The van der Waals surface area contributed by atoms with E-state index in [9.17, 15) is 0 Å². The summed E-state index contributed by atoms with van der Waals surface area (Å²) in [4.78, 5) is 0. The molecule has 1 nitrogen and oxygen atoms in total. The van der Waals surface area contributed by atoms with Crippen molar-refractivity contribution in [2.75, 3.05) is 13.1 Å². The third-order valence-corrected chi connectivity index (χ3v) is 5.90. The van der Waals surface area contributed by atoms with E-state index < -0.39 is 0 Å². The highest BCUT2D eigenvalue weighted by Crippen LogP contribution is 2.61. The van der Waals surface area contributed by atoms with Gasteiger partial charge in [0, 0.05) is 6.54 Å². The molecule has 92 valence electrons. The largest absolute Gasteiger partial charge is 0.316 e. The maximum atomic E-state index is 3.69. The van der Waals surface area contributed by atoms with E-state index in [0.29, 0.717) is 0 Å². The fraction of sp³-hybridized carbons (Fsp3) is 1.00. The zero-order chi connectivity index (χ0) is 11.0. The van der Waals surface area contributed by atoms with Crippen LogP contribution in [0.25, 0.3) is 0 Å². The lowest BCUT2D eigenvalue weighted by molar-refractivity contribution is 0.0763. The van der Waals surface area contributed by atoms with E-state index in [1.165, 1.54) is 32.2 Å². The van der Waals surface area contributed by atoms with Crippen LogP contribution in [0.5, 0.6) is 0 Å². The Hall–Kier alpha value is -0.0400. The first-order valence-corrected chi connectivity index (χ1v) is 7.56. The van der Waals surface area contributed by atoms with Gasteiger partial charge in [0.15, 0.2) is 0 Å². The summed E-state index contributed by atoms with van der Waals surface area (Å²) in [5.41, 5.74) is 0.732. The number of hydrogen-bond acceptors (Lipinski definition) is 1. The van der Waals surface area contributed by atoms with Crippen molar-refractivity contribution in [2.24, 2.45) is 23.2 Å². The third kappa shape index (κ3) is 1.63. The second-order valence-corrected chi connectivity index (χ2v) is 6.57. The highest BCUT2D eigenvalue weighted by molar-refractivity contribution is 5.05. The first-order valence-electron chi connectivity index (χ1n) is 7.56. The van der Waals surface area contributed by atoms with Crippen LogP contribution < -0.4 is 5.32 Å². The molecule has 0 aromatic heterocycles. The predicted molar refractivity (Wildman–Crippen MR) is 68.4 cm³/mol. The zero-order valence-electron chi connectivity index (χ0n) is 10.8. The molecule has 0 aromatic rings. The summed E-state index contributed by atoms with van der Waals surface area (Å²) in [6.07, 6.45) is 12.3. The number of rotatable bonds is 4. The maximum absolute atomic E-state index is 3.69. The molecule has 3 rings (SSSR count). The van der Waals surface area contributed by atoms with E-state index in [4.69, 9.17) is 0 Å². The minimum absolute atomic E-state index is 0.732. The molecule has 16 heavy (non-hydrogen) atoms. The minimum atomic E-state index is 0.732. The van der Waals surface area contributed by atoms with Gasteiger partial charge in [0.1, 0.15) is 0 Å². The predicted octanol–water partition coefficient (Wildman–Crippen LogP) is 3.59. The molecule has 3 saturated carbocycles. The Morgan fingerprint density at radius 3 is 2.44 bits per heavy atom. The smallest absolute Gasteiger partial charge is 0.00131 e. The van der Waals surface area contributed by atoms with Gasteiger partial charge in [0.05, 0.1) is 0 Å². The summed E-state index contributed by atoms with van der Waals surface area (Å²) >= 11 is 0. The van der Waals surface area contributed by atoms with Crippen LogP contribution in [0, 0.1) is 23.2 Å². The second kappa shape index (κ2) is 4.33. The molecule has 0 spiro atoms. The van der Waals surface area contributed by atoms with Gasteiger partial charge < -0.3 is 5.32 Å². The standard InChI is InChI=1S/C15H27N/c1-2-16-11-15(13-5-3-4-6-13)10-12-7-8-14(15)9-12/h12-14,16H,2-11H2,1H3. The van der Waals surface area contributed by atoms with Crippen molar-refractivity contribution in [3.8, 4) is 0 Å². The summed E-state index contributed by atoms with van der Waals surface area (Å²) in [5, 5.41) is 3.69. The number of fused-ring (bicyclic) bond motifs is 2. The Bertz CT molecular complexity index is 244. The van der Waals surface area contributed by atoms with Crippen molar-refractivity contribution in [2.45, 2.75) is 58.3 Å². The zero-order valence-corrected chi connectivity index (χ0v) is 10.8. The van der Waals surface area contributed by atoms with Crippen LogP contribution in [0.2, 0.25) is 0 Å². The quantitative estimate of drug-likeness (QED) is 0.765. The monoisotopic (exact) mass is 221 g/mol. The van der Waals surface area contributed by atoms with Gasteiger partial charge in [-0.1, -0.05) is 26.2 Å². The first kappa shape index (κ1) is 11.1. The first-order chi connectivity index (χ1) is 7.85. The molecule has 0 amide bonds. The molecular formula is C15H27N. The Labute approximate surface area is 100 Å². The van der Waals surface area contributed by atoms with E-state index in [-0.39, 0.29) is 0 Å². The van der Waals surface area contributed by atoms with Crippen LogP contribution >= 0.6 is 0 Å². The lowest BCUT2D eigenvalue weighted by atomic mass is 9.64. The van der Waals surface area contributed by atoms with Gasteiger partial charge in [-0.3, -0.25) is 0 Å². The van der Waals surface area contributed by atoms with Gasteiger partial charge >= 0.3 is 0 Å². The Balaban J connectivity index is 1.77. The number of nitrogens with one attached hydrogen (secondary N) is 1. The highest BCUT2D eigenvalue weighted by atomic mass is 14.9. The van der Waals surface area contributed by atoms with Gasteiger partial charge in [0.25, 0.3) is 0 Å². The highest BCUT2D eigenvalue weighted by Gasteiger charge is 2.54. The second-order valence-electron chi connectivity index (χ2n) is 6.57. The van der Waals surface area contributed by atoms with Crippen molar-refractivity contribution in [3.63, 3.8) is 0 Å². The minimum Gasteiger partial charge on any atom is -0.316 e. The summed E-state index contributed by atoms with van der Waals surface area (Å²) < 4.78 is 0. The average molecular weight is 221 g/mol.